The fraction of sp³-hybridized carbons (Fsp3) is 0.500. The van der Waals surface area contributed by atoms with Crippen molar-refractivity contribution in [3.05, 3.63) is 34.9 Å². The highest BCUT2D eigenvalue weighted by molar-refractivity contribution is 5.67. The van der Waals surface area contributed by atoms with E-state index in [0.717, 1.165) is 18.4 Å². The first-order chi connectivity index (χ1) is 8.61. The van der Waals surface area contributed by atoms with Crippen LogP contribution in [0.1, 0.15) is 35.6 Å². The summed E-state index contributed by atoms with van der Waals surface area (Å²) in [5, 5.41) is 11.9. The number of benzene rings is 1. The number of nitrogens with one attached hydrogen (secondary N) is 1. The first-order valence-corrected chi connectivity index (χ1v) is 6.38. The van der Waals surface area contributed by atoms with E-state index < -0.39 is 12.0 Å². The van der Waals surface area contributed by atoms with Gasteiger partial charge in [-0.3, -0.25) is 4.79 Å². The predicted molar refractivity (Wildman–Crippen MR) is 70.5 cm³/mol. The van der Waals surface area contributed by atoms with Gasteiger partial charge in [-0.2, -0.15) is 0 Å². The maximum atomic E-state index is 10.7. The lowest BCUT2D eigenvalue weighted by Gasteiger charge is -2.23. The molecule has 0 aromatic heterocycles. The van der Waals surface area contributed by atoms with Crippen molar-refractivity contribution >= 4 is 5.97 Å². The van der Waals surface area contributed by atoms with E-state index in [-0.39, 0.29) is 12.5 Å². The third-order valence-electron chi connectivity index (χ3n) is 3.63. The van der Waals surface area contributed by atoms with Crippen molar-refractivity contribution in [1.82, 2.24) is 5.32 Å². The molecule has 2 unspecified atom stereocenters. The number of likely N-dealkylation sites (N-methyl/N-ethyl adjacent to an activating group) is 1. The molecule has 0 fully saturated rings. The molecule has 1 aliphatic carbocycles. The van der Waals surface area contributed by atoms with E-state index in [9.17, 15) is 4.79 Å². The number of carboxylic acid groups (broad SMARTS) is 1. The molecule has 2 rings (SSSR count). The highest BCUT2D eigenvalue weighted by Crippen LogP contribution is 2.26. The van der Waals surface area contributed by atoms with E-state index in [4.69, 9.17) is 10.8 Å². The number of carboxylic acids is 1. The summed E-state index contributed by atoms with van der Waals surface area (Å²) in [5.41, 5.74) is 9.85. The second kappa shape index (κ2) is 5.50. The van der Waals surface area contributed by atoms with Crippen LogP contribution >= 0.6 is 0 Å². The molecule has 0 saturated carbocycles. The monoisotopic (exact) mass is 248 g/mol. The van der Waals surface area contributed by atoms with E-state index in [1.54, 1.807) is 0 Å². The molecule has 18 heavy (non-hydrogen) atoms. The number of hydrogen-bond donors (Lipinski definition) is 3. The van der Waals surface area contributed by atoms with Gasteiger partial charge in [0.05, 0.1) is 6.42 Å². The molecule has 0 heterocycles. The van der Waals surface area contributed by atoms with Crippen LogP contribution in [0.3, 0.4) is 0 Å². The molecule has 4 N–H and O–H groups in total. The van der Waals surface area contributed by atoms with Gasteiger partial charge >= 0.3 is 5.97 Å². The van der Waals surface area contributed by atoms with E-state index in [1.807, 2.05) is 7.05 Å². The molecule has 0 amide bonds. The number of aryl methyl sites for hydroxylation is 2. The van der Waals surface area contributed by atoms with Crippen LogP contribution in [-0.2, 0) is 17.6 Å². The van der Waals surface area contributed by atoms with Gasteiger partial charge in [0, 0.05) is 12.1 Å². The van der Waals surface area contributed by atoms with Gasteiger partial charge in [0.1, 0.15) is 0 Å². The molecule has 0 radical (unpaired) electrons. The summed E-state index contributed by atoms with van der Waals surface area (Å²) < 4.78 is 0. The fourth-order valence-corrected chi connectivity index (χ4v) is 2.73. The smallest absolute Gasteiger partial charge is 0.304 e. The third kappa shape index (κ3) is 2.71. The van der Waals surface area contributed by atoms with E-state index in [2.05, 4.69) is 23.5 Å². The van der Waals surface area contributed by atoms with Crippen molar-refractivity contribution in [2.45, 2.75) is 37.8 Å². The van der Waals surface area contributed by atoms with Crippen molar-refractivity contribution < 1.29 is 9.90 Å². The minimum Gasteiger partial charge on any atom is -0.481 e. The summed E-state index contributed by atoms with van der Waals surface area (Å²) in [6.07, 6.45) is 3.46. The summed E-state index contributed by atoms with van der Waals surface area (Å²) >= 11 is 0. The molecule has 2 atom stereocenters. The van der Waals surface area contributed by atoms with Crippen LogP contribution in [0.4, 0.5) is 0 Å². The summed E-state index contributed by atoms with van der Waals surface area (Å²) in [5.74, 6) is -0.857. The van der Waals surface area contributed by atoms with Gasteiger partial charge in [-0.25, -0.2) is 0 Å². The highest BCUT2D eigenvalue weighted by Gasteiger charge is 2.22. The summed E-state index contributed by atoms with van der Waals surface area (Å²) in [6.45, 7) is 0. The van der Waals surface area contributed by atoms with Crippen LogP contribution in [0, 0.1) is 0 Å². The summed E-state index contributed by atoms with van der Waals surface area (Å²) in [4.78, 5) is 10.7. The van der Waals surface area contributed by atoms with Crippen LogP contribution in [-0.4, -0.2) is 24.2 Å². The molecule has 4 heteroatoms. The molecule has 1 aromatic rings. The zero-order valence-corrected chi connectivity index (χ0v) is 10.6. The lowest BCUT2D eigenvalue weighted by atomic mass is 9.95. The minimum absolute atomic E-state index is 0.0252. The zero-order valence-electron chi connectivity index (χ0n) is 10.6. The zero-order chi connectivity index (χ0) is 13.1. The summed E-state index contributed by atoms with van der Waals surface area (Å²) in [6, 6.07) is 5.87. The topological polar surface area (TPSA) is 75.3 Å². The standard InChI is InChI=1S/C14H20N2O2/c1-16-14(12(15)8-13(17)18)11-6-5-9-3-2-4-10(9)7-11/h5-7,12,14,16H,2-4,8,15H2,1H3,(H,17,18). The van der Waals surface area contributed by atoms with Gasteiger partial charge < -0.3 is 16.2 Å². The number of rotatable bonds is 5. The Labute approximate surface area is 107 Å². The van der Waals surface area contributed by atoms with E-state index in [0.29, 0.717) is 0 Å². The van der Waals surface area contributed by atoms with Gasteiger partial charge in [-0.05, 0) is 43.0 Å². The fourth-order valence-electron chi connectivity index (χ4n) is 2.73. The van der Waals surface area contributed by atoms with Crippen LogP contribution in [0.5, 0.6) is 0 Å². The molecule has 0 spiro atoms. The SMILES string of the molecule is CNC(c1ccc2c(c1)CCC2)C(N)CC(=O)O. The van der Waals surface area contributed by atoms with Crippen LogP contribution in [0.2, 0.25) is 0 Å². The second-order valence-corrected chi connectivity index (χ2v) is 4.91. The minimum atomic E-state index is -0.857. The quantitative estimate of drug-likeness (QED) is 0.733. The Morgan fingerprint density at radius 1 is 1.44 bits per heavy atom. The first kappa shape index (κ1) is 13.1. The van der Waals surface area contributed by atoms with Gasteiger partial charge in [-0.1, -0.05) is 18.2 Å². The average Bonchev–Trinajstić information content (AvgIpc) is 2.76. The van der Waals surface area contributed by atoms with Crippen molar-refractivity contribution in [1.29, 1.82) is 0 Å². The molecule has 4 nitrogen and oxygen atoms in total. The number of fused-ring (bicyclic) bond motifs is 1. The van der Waals surface area contributed by atoms with Gasteiger partial charge in [-0.15, -0.1) is 0 Å². The third-order valence-corrected chi connectivity index (χ3v) is 3.63. The Kier molecular flexibility index (Phi) is 3.99. The van der Waals surface area contributed by atoms with Crippen molar-refractivity contribution in [2.24, 2.45) is 5.73 Å². The number of nitrogens with two attached hydrogens (primary N) is 1. The molecular formula is C14H20N2O2. The van der Waals surface area contributed by atoms with Gasteiger partial charge in [0.2, 0.25) is 0 Å². The maximum absolute atomic E-state index is 10.7. The Balaban J connectivity index is 2.19. The number of hydrogen-bond acceptors (Lipinski definition) is 3. The number of aliphatic carboxylic acids is 1. The largest absolute Gasteiger partial charge is 0.481 e. The molecule has 1 aliphatic rings. The molecule has 1 aromatic carbocycles. The van der Waals surface area contributed by atoms with Crippen LogP contribution < -0.4 is 11.1 Å². The molecule has 98 valence electrons. The summed E-state index contributed by atoms with van der Waals surface area (Å²) in [7, 11) is 1.82. The Hall–Kier alpha value is -1.39. The van der Waals surface area contributed by atoms with Gasteiger partial charge in [0.15, 0.2) is 0 Å². The first-order valence-electron chi connectivity index (χ1n) is 6.38. The Bertz CT molecular complexity index is 445. The predicted octanol–water partition coefficient (Wildman–Crippen LogP) is 1.24. The highest BCUT2D eigenvalue weighted by atomic mass is 16.4. The number of carbonyl (C=O) groups is 1. The molecular weight excluding hydrogens is 228 g/mol. The van der Waals surface area contributed by atoms with Crippen LogP contribution in [0.25, 0.3) is 0 Å². The molecule has 0 aliphatic heterocycles. The van der Waals surface area contributed by atoms with Crippen molar-refractivity contribution in [3.8, 4) is 0 Å². The molecule has 0 saturated heterocycles. The van der Waals surface area contributed by atoms with Gasteiger partial charge in [0.25, 0.3) is 0 Å². The van der Waals surface area contributed by atoms with E-state index in [1.165, 1.54) is 17.5 Å². The van der Waals surface area contributed by atoms with Crippen LogP contribution in [0.15, 0.2) is 18.2 Å². The average molecular weight is 248 g/mol. The Morgan fingerprint density at radius 3 is 2.83 bits per heavy atom. The van der Waals surface area contributed by atoms with Crippen molar-refractivity contribution in [2.75, 3.05) is 7.05 Å². The molecule has 0 bridgehead atoms. The van der Waals surface area contributed by atoms with Crippen molar-refractivity contribution in [3.63, 3.8) is 0 Å². The Morgan fingerprint density at radius 2 is 2.17 bits per heavy atom. The lowest BCUT2D eigenvalue weighted by Crippen LogP contribution is -2.38. The maximum Gasteiger partial charge on any atom is 0.304 e. The van der Waals surface area contributed by atoms with E-state index >= 15 is 0 Å². The second-order valence-electron chi connectivity index (χ2n) is 4.91. The lowest BCUT2D eigenvalue weighted by molar-refractivity contribution is -0.137. The normalized spacial score (nSPS) is 17.2.